The number of alkyl halides is 2. The second kappa shape index (κ2) is 8.59. The van der Waals surface area contributed by atoms with Gasteiger partial charge in [0.2, 0.25) is 5.91 Å². The van der Waals surface area contributed by atoms with Crippen molar-refractivity contribution >= 4 is 17.8 Å². The number of carbonyl (C=O) groups is 3. The lowest BCUT2D eigenvalue weighted by Gasteiger charge is -2.32. The first-order valence-electron chi connectivity index (χ1n) is 8.16. The Bertz CT molecular complexity index is 683. The highest BCUT2D eigenvalue weighted by Crippen LogP contribution is 2.25. The summed E-state index contributed by atoms with van der Waals surface area (Å²) in [7, 11) is 0. The summed E-state index contributed by atoms with van der Waals surface area (Å²) in [6.07, 6.45) is 1.06. The van der Waals surface area contributed by atoms with Gasteiger partial charge in [0.1, 0.15) is 11.8 Å². The number of ether oxygens (including phenoxy) is 1. The van der Waals surface area contributed by atoms with Crippen molar-refractivity contribution < 1.29 is 33.0 Å². The van der Waals surface area contributed by atoms with E-state index in [1.807, 2.05) is 0 Å². The standard InChI is InChI=1S/C17H20F2N2O5/c1-10(16(24)25)20-14(22)11-5-4-8-21(9-11)15(23)12-6-2-3-7-13(12)26-17(18)19/h2-3,6-7,10-11,17H,4-5,8-9H2,1H3,(H,20,22)(H,24,25)/t10-,11?/m1/s1. The van der Waals surface area contributed by atoms with Crippen molar-refractivity contribution in [2.24, 2.45) is 5.92 Å². The van der Waals surface area contributed by atoms with E-state index in [0.717, 1.165) is 0 Å². The van der Waals surface area contributed by atoms with Crippen molar-refractivity contribution in [1.29, 1.82) is 0 Å². The Kier molecular flexibility index (Phi) is 6.48. The molecular formula is C17H20F2N2O5. The number of carboxylic acid groups (broad SMARTS) is 1. The summed E-state index contributed by atoms with van der Waals surface area (Å²) >= 11 is 0. The third-order valence-corrected chi connectivity index (χ3v) is 4.14. The number of carbonyl (C=O) groups excluding carboxylic acids is 2. The topological polar surface area (TPSA) is 95.9 Å². The van der Waals surface area contributed by atoms with Crippen LogP contribution in [0.4, 0.5) is 8.78 Å². The lowest BCUT2D eigenvalue weighted by Crippen LogP contribution is -2.48. The Balaban J connectivity index is 2.08. The maximum atomic E-state index is 12.7. The molecule has 0 aliphatic carbocycles. The quantitative estimate of drug-likeness (QED) is 0.795. The van der Waals surface area contributed by atoms with Gasteiger partial charge in [-0.25, -0.2) is 0 Å². The zero-order valence-corrected chi connectivity index (χ0v) is 14.2. The minimum atomic E-state index is -3.05. The molecule has 0 radical (unpaired) electrons. The number of benzene rings is 1. The first kappa shape index (κ1) is 19.6. The molecule has 1 aliphatic heterocycles. The number of amides is 2. The molecule has 0 aromatic heterocycles. The summed E-state index contributed by atoms with van der Waals surface area (Å²) in [5.74, 6) is -2.89. The predicted molar refractivity (Wildman–Crippen MR) is 86.9 cm³/mol. The third kappa shape index (κ3) is 4.90. The van der Waals surface area contributed by atoms with Crippen LogP contribution in [0.1, 0.15) is 30.1 Å². The molecule has 2 N–H and O–H groups in total. The number of carboxylic acids is 1. The molecule has 1 aromatic carbocycles. The fourth-order valence-electron chi connectivity index (χ4n) is 2.78. The fourth-order valence-corrected chi connectivity index (χ4v) is 2.78. The zero-order valence-electron chi connectivity index (χ0n) is 14.2. The van der Waals surface area contributed by atoms with Crippen molar-refractivity contribution in [2.75, 3.05) is 13.1 Å². The van der Waals surface area contributed by atoms with Gasteiger partial charge in [-0.3, -0.25) is 14.4 Å². The molecule has 1 fully saturated rings. The van der Waals surface area contributed by atoms with Crippen LogP contribution < -0.4 is 10.1 Å². The van der Waals surface area contributed by atoms with Gasteiger partial charge in [0.25, 0.3) is 5.91 Å². The van der Waals surface area contributed by atoms with E-state index in [1.54, 1.807) is 0 Å². The molecule has 1 unspecified atom stereocenters. The minimum absolute atomic E-state index is 0.00670. The van der Waals surface area contributed by atoms with Gasteiger partial charge in [-0.1, -0.05) is 12.1 Å². The molecule has 0 saturated carbocycles. The van der Waals surface area contributed by atoms with Crippen LogP contribution in [0.5, 0.6) is 5.75 Å². The van der Waals surface area contributed by atoms with Crippen LogP contribution in [0.2, 0.25) is 0 Å². The summed E-state index contributed by atoms with van der Waals surface area (Å²) in [4.78, 5) is 37.1. The van der Waals surface area contributed by atoms with Crippen LogP contribution in [0, 0.1) is 5.92 Å². The van der Waals surface area contributed by atoms with Gasteiger partial charge < -0.3 is 20.1 Å². The molecule has 1 aromatic rings. The van der Waals surface area contributed by atoms with Crippen LogP contribution in [0.15, 0.2) is 24.3 Å². The Hall–Kier alpha value is -2.71. The summed E-state index contributed by atoms with van der Waals surface area (Å²) in [5, 5.41) is 11.3. The molecule has 1 heterocycles. The van der Waals surface area contributed by atoms with E-state index in [-0.39, 0.29) is 17.9 Å². The van der Waals surface area contributed by atoms with E-state index < -0.39 is 36.4 Å². The zero-order chi connectivity index (χ0) is 19.3. The smallest absolute Gasteiger partial charge is 0.387 e. The van der Waals surface area contributed by atoms with Crippen molar-refractivity contribution in [1.82, 2.24) is 10.2 Å². The van der Waals surface area contributed by atoms with E-state index >= 15 is 0 Å². The minimum Gasteiger partial charge on any atom is -0.480 e. The maximum absolute atomic E-state index is 12.7. The van der Waals surface area contributed by atoms with Crippen molar-refractivity contribution in [3.63, 3.8) is 0 Å². The molecular weight excluding hydrogens is 350 g/mol. The van der Waals surface area contributed by atoms with Gasteiger partial charge in [0.15, 0.2) is 0 Å². The SMILES string of the molecule is C[C@@H](NC(=O)C1CCCN(C(=O)c2ccccc2OC(F)F)C1)C(=O)O. The van der Waals surface area contributed by atoms with Gasteiger partial charge >= 0.3 is 12.6 Å². The predicted octanol–water partition coefficient (Wildman–Crippen LogP) is 1.73. The number of likely N-dealkylation sites (tertiary alicyclic amines) is 1. The van der Waals surface area contributed by atoms with E-state index in [2.05, 4.69) is 10.1 Å². The molecule has 7 nitrogen and oxygen atoms in total. The Morgan fingerprint density at radius 1 is 1.31 bits per heavy atom. The Morgan fingerprint density at radius 3 is 2.65 bits per heavy atom. The van der Waals surface area contributed by atoms with E-state index in [9.17, 15) is 23.2 Å². The molecule has 2 rings (SSSR count). The number of hydrogen-bond donors (Lipinski definition) is 2. The number of piperidine rings is 1. The van der Waals surface area contributed by atoms with Crippen molar-refractivity contribution in [3.8, 4) is 5.75 Å². The lowest BCUT2D eigenvalue weighted by atomic mass is 9.96. The molecule has 0 spiro atoms. The average molecular weight is 370 g/mol. The molecule has 142 valence electrons. The second-order valence-corrected chi connectivity index (χ2v) is 6.03. The van der Waals surface area contributed by atoms with Gasteiger partial charge in [-0.15, -0.1) is 0 Å². The third-order valence-electron chi connectivity index (χ3n) is 4.14. The molecule has 1 aliphatic rings. The molecule has 2 amide bonds. The van der Waals surface area contributed by atoms with Crippen molar-refractivity contribution in [3.05, 3.63) is 29.8 Å². The van der Waals surface area contributed by atoms with Crippen LogP contribution >= 0.6 is 0 Å². The molecule has 9 heteroatoms. The summed E-state index contributed by atoms with van der Waals surface area (Å²) in [6.45, 7) is -1.24. The number of rotatable bonds is 6. The number of para-hydroxylation sites is 1. The molecule has 1 saturated heterocycles. The van der Waals surface area contributed by atoms with Crippen LogP contribution in [0.25, 0.3) is 0 Å². The summed E-state index contributed by atoms with van der Waals surface area (Å²) in [6, 6.07) is 4.65. The fraction of sp³-hybridized carbons (Fsp3) is 0.471. The number of hydrogen-bond acceptors (Lipinski definition) is 4. The number of aliphatic carboxylic acids is 1. The number of nitrogens with one attached hydrogen (secondary N) is 1. The highest BCUT2D eigenvalue weighted by atomic mass is 19.3. The van der Waals surface area contributed by atoms with Crippen LogP contribution in [-0.4, -0.2) is 53.5 Å². The Morgan fingerprint density at radius 2 is 2.00 bits per heavy atom. The average Bonchev–Trinajstić information content (AvgIpc) is 2.61. The first-order chi connectivity index (χ1) is 12.3. The van der Waals surface area contributed by atoms with Gasteiger partial charge in [0, 0.05) is 13.1 Å². The normalized spacial score (nSPS) is 18.3. The summed E-state index contributed by atoms with van der Waals surface area (Å²) < 4.78 is 29.4. The largest absolute Gasteiger partial charge is 0.480 e. The second-order valence-electron chi connectivity index (χ2n) is 6.03. The summed E-state index contributed by atoms with van der Waals surface area (Å²) in [5.41, 5.74) is -0.00670. The van der Waals surface area contributed by atoms with E-state index in [1.165, 1.54) is 36.1 Å². The number of halogens is 2. The lowest BCUT2D eigenvalue weighted by molar-refractivity contribution is -0.142. The first-order valence-corrected chi connectivity index (χ1v) is 8.16. The molecule has 0 bridgehead atoms. The van der Waals surface area contributed by atoms with Gasteiger partial charge in [0.05, 0.1) is 11.5 Å². The highest BCUT2D eigenvalue weighted by Gasteiger charge is 2.31. The molecule has 26 heavy (non-hydrogen) atoms. The Labute approximate surface area is 148 Å². The highest BCUT2D eigenvalue weighted by molar-refractivity contribution is 5.97. The van der Waals surface area contributed by atoms with Crippen LogP contribution in [0.3, 0.4) is 0 Å². The van der Waals surface area contributed by atoms with Gasteiger partial charge in [-0.05, 0) is 31.9 Å². The van der Waals surface area contributed by atoms with Crippen LogP contribution in [-0.2, 0) is 9.59 Å². The van der Waals surface area contributed by atoms with E-state index in [4.69, 9.17) is 5.11 Å². The van der Waals surface area contributed by atoms with E-state index in [0.29, 0.717) is 19.4 Å². The monoisotopic (exact) mass is 370 g/mol. The maximum Gasteiger partial charge on any atom is 0.387 e. The molecule has 2 atom stereocenters. The van der Waals surface area contributed by atoms with Gasteiger partial charge in [-0.2, -0.15) is 8.78 Å². The number of nitrogens with zero attached hydrogens (tertiary/aromatic N) is 1. The van der Waals surface area contributed by atoms with Crippen molar-refractivity contribution in [2.45, 2.75) is 32.4 Å².